The highest BCUT2D eigenvalue weighted by molar-refractivity contribution is 7.87. The van der Waals surface area contributed by atoms with Crippen molar-refractivity contribution in [3.8, 4) is 0 Å². The van der Waals surface area contributed by atoms with Crippen LogP contribution in [0.4, 0.5) is 0 Å². The van der Waals surface area contributed by atoms with Crippen molar-refractivity contribution < 1.29 is 8.42 Å². The van der Waals surface area contributed by atoms with Crippen molar-refractivity contribution in [2.75, 3.05) is 26.7 Å². The highest BCUT2D eigenvalue weighted by Crippen LogP contribution is 1.94. The lowest BCUT2D eigenvalue weighted by molar-refractivity contribution is 0.456. The standard InChI is InChI=1S/C7H19N3O2S.ClH/c1-3-7-10(2)13(11,12)9-6-4-5-8;/h9H,3-8H2,1-2H3;1H. The zero-order valence-electron chi connectivity index (χ0n) is 8.69. The first-order chi connectivity index (χ1) is 6.04. The highest BCUT2D eigenvalue weighted by atomic mass is 35.5. The van der Waals surface area contributed by atoms with Crippen LogP contribution in [-0.4, -0.2) is 39.4 Å². The Labute approximate surface area is 92.6 Å². The summed E-state index contributed by atoms with van der Waals surface area (Å²) < 4.78 is 26.5. The second kappa shape index (κ2) is 8.43. The summed E-state index contributed by atoms with van der Waals surface area (Å²) in [6, 6.07) is 0. The Morgan fingerprint density at radius 3 is 2.43 bits per heavy atom. The molecule has 0 aromatic carbocycles. The van der Waals surface area contributed by atoms with Crippen molar-refractivity contribution in [1.82, 2.24) is 9.03 Å². The summed E-state index contributed by atoms with van der Waals surface area (Å²) in [5.74, 6) is 0. The smallest absolute Gasteiger partial charge is 0.279 e. The van der Waals surface area contributed by atoms with E-state index < -0.39 is 10.2 Å². The molecule has 0 rings (SSSR count). The number of nitrogens with one attached hydrogen (secondary N) is 1. The molecular weight excluding hydrogens is 226 g/mol. The van der Waals surface area contributed by atoms with Gasteiger partial charge in [-0.2, -0.15) is 12.7 Å². The summed E-state index contributed by atoms with van der Waals surface area (Å²) in [6.45, 7) is 3.39. The molecule has 0 amide bonds. The lowest BCUT2D eigenvalue weighted by atomic mass is 10.4. The molecule has 0 unspecified atom stereocenters. The largest absolute Gasteiger partial charge is 0.330 e. The normalized spacial score (nSPS) is 11.4. The Morgan fingerprint density at radius 1 is 1.43 bits per heavy atom. The molecule has 5 nitrogen and oxygen atoms in total. The van der Waals surface area contributed by atoms with Crippen LogP contribution >= 0.6 is 12.4 Å². The summed E-state index contributed by atoms with van der Waals surface area (Å²) in [7, 11) is -1.70. The fraction of sp³-hybridized carbons (Fsp3) is 1.00. The Balaban J connectivity index is 0. The molecule has 0 aliphatic rings. The van der Waals surface area contributed by atoms with Crippen molar-refractivity contribution in [3.05, 3.63) is 0 Å². The summed E-state index contributed by atoms with van der Waals surface area (Å²) in [5, 5.41) is 0. The molecule has 7 heteroatoms. The van der Waals surface area contributed by atoms with Crippen LogP contribution in [-0.2, 0) is 10.2 Å². The number of nitrogens with two attached hydrogens (primary N) is 1. The summed E-state index contributed by atoms with van der Waals surface area (Å²) in [4.78, 5) is 0. The average molecular weight is 246 g/mol. The number of halogens is 1. The van der Waals surface area contributed by atoms with E-state index in [0.717, 1.165) is 6.42 Å². The van der Waals surface area contributed by atoms with Crippen LogP contribution in [0, 0.1) is 0 Å². The first-order valence-corrected chi connectivity index (χ1v) is 5.89. The molecule has 0 saturated carbocycles. The molecule has 88 valence electrons. The third-order valence-electron chi connectivity index (χ3n) is 1.61. The van der Waals surface area contributed by atoms with E-state index in [9.17, 15) is 8.42 Å². The van der Waals surface area contributed by atoms with Crippen molar-refractivity contribution in [2.24, 2.45) is 5.73 Å². The quantitative estimate of drug-likeness (QED) is 0.617. The van der Waals surface area contributed by atoms with Crippen LogP contribution in [0.1, 0.15) is 19.8 Å². The van der Waals surface area contributed by atoms with Crippen molar-refractivity contribution in [2.45, 2.75) is 19.8 Å². The lowest BCUT2D eigenvalue weighted by Gasteiger charge is -2.16. The Bertz CT molecular complexity index is 221. The molecule has 0 atom stereocenters. The molecule has 0 heterocycles. The summed E-state index contributed by atoms with van der Waals surface area (Å²) >= 11 is 0. The van der Waals surface area contributed by atoms with Crippen LogP contribution in [0.2, 0.25) is 0 Å². The average Bonchev–Trinajstić information content (AvgIpc) is 2.05. The molecule has 0 saturated heterocycles. The van der Waals surface area contributed by atoms with Crippen molar-refractivity contribution >= 4 is 22.6 Å². The van der Waals surface area contributed by atoms with Crippen LogP contribution in [0.5, 0.6) is 0 Å². The van der Waals surface area contributed by atoms with Gasteiger partial charge in [0.15, 0.2) is 0 Å². The van der Waals surface area contributed by atoms with E-state index in [2.05, 4.69) is 4.72 Å². The third kappa shape index (κ3) is 6.56. The molecular formula is C7H20ClN3O2S. The molecule has 0 aliphatic carbocycles. The van der Waals surface area contributed by atoms with Crippen LogP contribution in [0.3, 0.4) is 0 Å². The van der Waals surface area contributed by atoms with E-state index in [4.69, 9.17) is 5.73 Å². The number of nitrogens with zero attached hydrogens (tertiary/aromatic N) is 1. The van der Waals surface area contributed by atoms with Gasteiger partial charge in [-0.25, -0.2) is 4.72 Å². The monoisotopic (exact) mass is 245 g/mol. The maximum absolute atomic E-state index is 11.4. The molecule has 0 radical (unpaired) electrons. The molecule has 3 N–H and O–H groups in total. The van der Waals surface area contributed by atoms with E-state index in [1.54, 1.807) is 7.05 Å². The maximum atomic E-state index is 11.4. The lowest BCUT2D eigenvalue weighted by Crippen LogP contribution is -2.39. The van der Waals surface area contributed by atoms with Crippen LogP contribution in [0.25, 0.3) is 0 Å². The van der Waals surface area contributed by atoms with Gasteiger partial charge in [-0.1, -0.05) is 6.92 Å². The first kappa shape index (κ1) is 16.5. The first-order valence-electron chi connectivity index (χ1n) is 4.45. The van der Waals surface area contributed by atoms with Crippen molar-refractivity contribution in [3.63, 3.8) is 0 Å². The highest BCUT2D eigenvalue weighted by Gasteiger charge is 2.14. The van der Waals surface area contributed by atoms with Crippen LogP contribution < -0.4 is 10.5 Å². The molecule has 0 aromatic rings. The number of hydrogen-bond donors (Lipinski definition) is 2. The van der Waals surface area contributed by atoms with E-state index in [1.807, 2.05) is 6.92 Å². The summed E-state index contributed by atoms with van der Waals surface area (Å²) in [6.07, 6.45) is 1.48. The second-order valence-corrected chi connectivity index (χ2v) is 4.73. The van der Waals surface area contributed by atoms with Gasteiger partial charge < -0.3 is 5.73 Å². The molecule has 0 fully saturated rings. The zero-order valence-corrected chi connectivity index (χ0v) is 10.3. The number of hydrogen-bond acceptors (Lipinski definition) is 3. The minimum Gasteiger partial charge on any atom is -0.330 e. The summed E-state index contributed by atoms with van der Waals surface area (Å²) in [5.41, 5.74) is 5.24. The third-order valence-corrected chi connectivity index (χ3v) is 3.19. The van der Waals surface area contributed by atoms with Gasteiger partial charge in [0.2, 0.25) is 0 Å². The van der Waals surface area contributed by atoms with Gasteiger partial charge in [-0.3, -0.25) is 0 Å². The topological polar surface area (TPSA) is 75.4 Å². The SMILES string of the molecule is CCCN(C)S(=O)(=O)NCCCN.Cl. The Kier molecular flexibility index (Phi) is 9.96. The van der Waals surface area contributed by atoms with E-state index in [1.165, 1.54) is 4.31 Å². The van der Waals surface area contributed by atoms with Crippen molar-refractivity contribution in [1.29, 1.82) is 0 Å². The molecule has 0 aliphatic heterocycles. The van der Waals surface area contributed by atoms with E-state index in [-0.39, 0.29) is 12.4 Å². The van der Waals surface area contributed by atoms with E-state index >= 15 is 0 Å². The van der Waals surface area contributed by atoms with Gasteiger partial charge >= 0.3 is 0 Å². The van der Waals surface area contributed by atoms with Gasteiger partial charge in [0.25, 0.3) is 10.2 Å². The molecule has 14 heavy (non-hydrogen) atoms. The maximum Gasteiger partial charge on any atom is 0.279 e. The minimum absolute atomic E-state index is 0. The van der Waals surface area contributed by atoms with Gasteiger partial charge in [0, 0.05) is 20.1 Å². The minimum atomic E-state index is -3.27. The Morgan fingerprint density at radius 2 is 2.00 bits per heavy atom. The van der Waals surface area contributed by atoms with Gasteiger partial charge in [0.05, 0.1) is 0 Å². The molecule has 0 spiro atoms. The predicted molar refractivity (Wildman–Crippen MR) is 60.8 cm³/mol. The van der Waals surface area contributed by atoms with Gasteiger partial charge in [-0.05, 0) is 19.4 Å². The Hall–Kier alpha value is 0.120. The molecule has 0 aromatic heterocycles. The predicted octanol–water partition coefficient (Wildman–Crippen LogP) is -0.0668. The number of rotatable bonds is 7. The van der Waals surface area contributed by atoms with Gasteiger partial charge in [-0.15, -0.1) is 12.4 Å². The van der Waals surface area contributed by atoms with Crippen LogP contribution in [0.15, 0.2) is 0 Å². The zero-order chi connectivity index (χ0) is 10.3. The fourth-order valence-corrected chi connectivity index (χ4v) is 1.89. The molecule has 0 bridgehead atoms. The van der Waals surface area contributed by atoms with E-state index in [0.29, 0.717) is 26.1 Å². The fourth-order valence-electron chi connectivity index (χ4n) is 0.848. The van der Waals surface area contributed by atoms with Gasteiger partial charge in [0.1, 0.15) is 0 Å². The second-order valence-electron chi connectivity index (χ2n) is 2.86.